The second-order valence-corrected chi connectivity index (χ2v) is 9.02. The largest absolute Gasteiger partial charge is 0.347 e. The number of amides is 1. The zero-order valence-corrected chi connectivity index (χ0v) is 17.1. The lowest BCUT2D eigenvalue weighted by molar-refractivity contribution is -0.129. The van der Waals surface area contributed by atoms with Gasteiger partial charge in [-0.3, -0.25) is 9.48 Å². The van der Waals surface area contributed by atoms with E-state index in [0.29, 0.717) is 5.92 Å². The van der Waals surface area contributed by atoms with Crippen molar-refractivity contribution in [3.63, 3.8) is 0 Å². The molecule has 3 aromatic rings. The van der Waals surface area contributed by atoms with E-state index in [1.54, 1.807) is 29.9 Å². The topological polar surface area (TPSA) is 75.9 Å². The van der Waals surface area contributed by atoms with Gasteiger partial charge in [0.15, 0.2) is 0 Å². The highest BCUT2D eigenvalue weighted by molar-refractivity contribution is 7.19. The zero-order chi connectivity index (χ0) is 19.3. The standard InChI is InChI=1S/C20H24N6OS/c1-25(2)16(27)11-26-10-13(9-21-26)22-19-17-14-5-3-4-6-15(14)28-20(17)24-18(23-19)12-7-8-12/h9-10,12H,3-8,11H2,1-2H3,(H,22,23,24). The number of rotatable bonds is 5. The van der Waals surface area contributed by atoms with Gasteiger partial charge < -0.3 is 10.2 Å². The number of anilines is 2. The molecule has 0 atom stereocenters. The number of carbonyl (C=O) groups is 1. The van der Waals surface area contributed by atoms with Gasteiger partial charge in [0.2, 0.25) is 5.91 Å². The van der Waals surface area contributed by atoms with Crippen molar-refractivity contribution in [3.8, 4) is 0 Å². The molecule has 0 saturated heterocycles. The summed E-state index contributed by atoms with van der Waals surface area (Å²) in [5, 5.41) is 8.98. The Morgan fingerprint density at radius 1 is 1.29 bits per heavy atom. The Balaban J connectivity index is 1.50. The van der Waals surface area contributed by atoms with Crippen LogP contribution < -0.4 is 5.32 Å². The summed E-state index contributed by atoms with van der Waals surface area (Å²) in [6.07, 6.45) is 10.7. The number of likely N-dealkylation sites (N-methyl/N-ethyl adjacent to an activating group) is 1. The fraction of sp³-hybridized carbons (Fsp3) is 0.500. The molecule has 8 heteroatoms. The average Bonchev–Trinajstić information content (AvgIpc) is 3.33. The van der Waals surface area contributed by atoms with Crippen LogP contribution in [0.4, 0.5) is 11.5 Å². The molecule has 3 heterocycles. The lowest BCUT2D eigenvalue weighted by Crippen LogP contribution is -2.26. The molecule has 1 amide bonds. The van der Waals surface area contributed by atoms with Crippen LogP contribution in [0.5, 0.6) is 0 Å². The number of fused-ring (bicyclic) bond motifs is 3. The van der Waals surface area contributed by atoms with Gasteiger partial charge in [-0.15, -0.1) is 11.3 Å². The van der Waals surface area contributed by atoms with Crippen LogP contribution in [0.25, 0.3) is 10.2 Å². The summed E-state index contributed by atoms with van der Waals surface area (Å²) >= 11 is 1.84. The van der Waals surface area contributed by atoms with Gasteiger partial charge in [-0.2, -0.15) is 5.10 Å². The van der Waals surface area contributed by atoms with Crippen molar-refractivity contribution < 1.29 is 4.79 Å². The summed E-state index contributed by atoms with van der Waals surface area (Å²) < 4.78 is 1.66. The number of aryl methyl sites for hydroxylation is 2. The van der Waals surface area contributed by atoms with Gasteiger partial charge in [-0.05, 0) is 44.1 Å². The molecular weight excluding hydrogens is 372 g/mol. The first-order valence-electron chi connectivity index (χ1n) is 9.90. The van der Waals surface area contributed by atoms with Gasteiger partial charge in [-0.25, -0.2) is 9.97 Å². The molecule has 0 unspecified atom stereocenters. The second-order valence-electron chi connectivity index (χ2n) is 7.94. The third kappa shape index (κ3) is 3.26. The van der Waals surface area contributed by atoms with Gasteiger partial charge in [0.25, 0.3) is 0 Å². The summed E-state index contributed by atoms with van der Waals surface area (Å²) in [6.45, 7) is 0.231. The summed E-state index contributed by atoms with van der Waals surface area (Å²) in [5.74, 6) is 2.38. The third-order valence-electron chi connectivity index (χ3n) is 5.47. The van der Waals surface area contributed by atoms with Crippen LogP contribution in [0.2, 0.25) is 0 Å². The molecule has 146 valence electrons. The van der Waals surface area contributed by atoms with Crippen molar-refractivity contribution in [3.05, 3.63) is 28.7 Å². The van der Waals surface area contributed by atoms with Crippen LogP contribution in [0, 0.1) is 0 Å². The third-order valence-corrected chi connectivity index (χ3v) is 6.65. The number of thiophene rings is 1. The van der Waals surface area contributed by atoms with E-state index in [9.17, 15) is 4.79 Å². The molecule has 2 aliphatic rings. The van der Waals surface area contributed by atoms with E-state index in [1.165, 1.54) is 41.5 Å². The lowest BCUT2D eigenvalue weighted by atomic mass is 9.97. The van der Waals surface area contributed by atoms with E-state index in [4.69, 9.17) is 9.97 Å². The van der Waals surface area contributed by atoms with Gasteiger partial charge >= 0.3 is 0 Å². The first-order valence-corrected chi connectivity index (χ1v) is 10.7. The summed E-state index contributed by atoms with van der Waals surface area (Å²) in [5.41, 5.74) is 2.27. The highest BCUT2D eigenvalue weighted by Gasteiger charge is 2.29. The van der Waals surface area contributed by atoms with Crippen molar-refractivity contribution >= 4 is 39.0 Å². The second kappa shape index (κ2) is 6.84. The Morgan fingerprint density at radius 3 is 2.89 bits per heavy atom. The summed E-state index contributed by atoms with van der Waals surface area (Å²) in [4.78, 5) is 25.9. The number of nitrogens with one attached hydrogen (secondary N) is 1. The van der Waals surface area contributed by atoms with Gasteiger partial charge in [0, 0.05) is 31.1 Å². The normalized spacial score (nSPS) is 16.2. The van der Waals surface area contributed by atoms with E-state index in [0.717, 1.165) is 35.0 Å². The Morgan fingerprint density at radius 2 is 2.11 bits per heavy atom. The minimum absolute atomic E-state index is 0.0157. The van der Waals surface area contributed by atoms with E-state index in [-0.39, 0.29) is 12.5 Å². The number of hydrogen-bond donors (Lipinski definition) is 1. The molecule has 7 nitrogen and oxygen atoms in total. The molecule has 1 N–H and O–H groups in total. The van der Waals surface area contributed by atoms with Crippen LogP contribution in [-0.4, -0.2) is 44.7 Å². The van der Waals surface area contributed by atoms with E-state index >= 15 is 0 Å². The number of carbonyl (C=O) groups excluding carboxylic acids is 1. The Bertz CT molecular complexity index is 1050. The van der Waals surface area contributed by atoms with Crippen LogP contribution in [-0.2, 0) is 24.2 Å². The number of aromatic nitrogens is 4. The van der Waals surface area contributed by atoms with Crippen molar-refractivity contribution in [1.82, 2.24) is 24.6 Å². The molecule has 28 heavy (non-hydrogen) atoms. The molecule has 1 fully saturated rings. The molecule has 0 bridgehead atoms. The maximum absolute atomic E-state index is 11.9. The number of hydrogen-bond acceptors (Lipinski definition) is 6. The smallest absolute Gasteiger partial charge is 0.243 e. The van der Waals surface area contributed by atoms with Gasteiger partial charge in [-0.1, -0.05) is 0 Å². The molecule has 0 aromatic carbocycles. The first-order chi connectivity index (χ1) is 13.6. The van der Waals surface area contributed by atoms with Crippen LogP contribution in [0.3, 0.4) is 0 Å². The van der Waals surface area contributed by atoms with Crippen molar-refractivity contribution in [2.24, 2.45) is 0 Å². The molecule has 5 rings (SSSR count). The molecular formula is C20H24N6OS. The zero-order valence-electron chi connectivity index (χ0n) is 16.2. The fourth-order valence-electron chi connectivity index (χ4n) is 3.72. The van der Waals surface area contributed by atoms with Gasteiger partial charge in [0.1, 0.15) is 23.0 Å². The summed E-state index contributed by atoms with van der Waals surface area (Å²) in [6, 6.07) is 0. The van der Waals surface area contributed by atoms with Crippen molar-refractivity contribution in [2.75, 3.05) is 19.4 Å². The predicted octanol–water partition coefficient (Wildman–Crippen LogP) is 3.48. The maximum atomic E-state index is 11.9. The minimum atomic E-state index is 0.0157. The SMILES string of the molecule is CN(C)C(=O)Cn1cc(Nc2nc(C3CC3)nc3sc4c(c23)CCCC4)cn1. The molecule has 0 radical (unpaired) electrons. The van der Waals surface area contributed by atoms with E-state index in [2.05, 4.69) is 10.4 Å². The quantitative estimate of drug-likeness (QED) is 0.715. The number of nitrogens with zero attached hydrogens (tertiary/aromatic N) is 5. The highest BCUT2D eigenvalue weighted by atomic mass is 32.1. The molecule has 1 saturated carbocycles. The molecule has 3 aromatic heterocycles. The highest BCUT2D eigenvalue weighted by Crippen LogP contribution is 2.43. The predicted molar refractivity (Wildman–Crippen MR) is 110 cm³/mol. The van der Waals surface area contributed by atoms with Crippen molar-refractivity contribution in [1.29, 1.82) is 0 Å². The summed E-state index contributed by atoms with van der Waals surface area (Å²) in [7, 11) is 3.50. The Kier molecular flexibility index (Phi) is 4.30. The van der Waals surface area contributed by atoms with E-state index in [1.807, 2.05) is 17.5 Å². The van der Waals surface area contributed by atoms with Crippen LogP contribution in [0.1, 0.15) is 47.9 Å². The minimum Gasteiger partial charge on any atom is -0.347 e. The molecule has 0 spiro atoms. The monoisotopic (exact) mass is 396 g/mol. The van der Waals surface area contributed by atoms with Crippen molar-refractivity contribution in [2.45, 2.75) is 51.0 Å². The van der Waals surface area contributed by atoms with Crippen LogP contribution >= 0.6 is 11.3 Å². The Hall–Kier alpha value is -2.48. The maximum Gasteiger partial charge on any atom is 0.243 e. The molecule has 0 aliphatic heterocycles. The van der Waals surface area contributed by atoms with E-state index < -0.39 is 0 Å². The average molecular weight is 397 g/mol. The first kappa shape index (κ1) is 17.6. The fourth-order valence-corrected chi connectivity index (χ4v) is 4.99. The van der Waals surface area contributed by atoms with Crippen LogP contribution in [0.15, 0.2) is 12.4 Å². The lowest BCUT2D eigenvalue weighted by Gasteiger charge is -2.13. The van der Waals surface area contributed by atoms with Gasteiger partial charge in [0.05, 0.1) is 17.3 Å². The Labute approximate surface area is 167 Å². The molecule has 2 aliphatic carbocycles.